The lowest BCUT2D eigenvalue weighted by atomic mass is 9.97. The Hall–Kier alpha value is -4.46. The number of fused-ring (bicyclic) bond motifs is 3. The van der Waals surface area contributed by atoms with Crippen LogP contribution in [-0.4, -0.2) is 47.6 Å². The number of aryl methyl sites for hydroxylation is 1. The summed E-state index contributed by atoms with van der Waals surface area (Å²) >= 11 is 0. The molecule has 0 spiro atoms. The number of aromatic amines is 2. The molecule has 242 valence electrons. The Bertz CT molecular complexity index is 1830. The van der Waals surface area contributed by atoms with Crippen LogP contribution in [0.1, 0.15) is 74.5 Å². The van der Waals surface area contributed by atoms with Crippen LogP contribution in [-0.2, 0) is 26.1 Å². The number of para-hydroxylation sites is 3. The van der Waals surface area contributed by atoms with Gasteiger partial charge in [-0.15, -0.1) is 0 Å². The third-order valence-electron chi connectivity index (χ3n) is 8.73. The highest BCUT2D eigenvalue weighted by atomic mass is 16.7. The second-order valence-electron chi connectivity index (χ2n) is 11.9. The molecular formula is C39H47N3O4. The van der Waals surface area contributed by atoms with Gasteiger partial charge in [-0.05, 0) is 52.6 Å². The van der Waals surface area contributed by atoms with E-state index in [1.807, 2.05) is 49.6 Å². The highest BCUT2D eigenvalue weighted by molar-refractivity contribution is 5.85. The zero-order chi connectivity index (χ0) is 33.1. The third-order valence-corrected chi connectivity index (χ3v) is 8.73. The van der Waals surface area contributed by atoms with E-state index in [-0.39, 0.29) is 6.29 Å². The van der Waals surface area contributed by atoms with Gasteiger partial charge in [-0.3, -0.25) is 0 Å². The summed E-state index contributed by atoms with van der Waals surface area (Å²) < 4.78 is 12.6. The normalized spacial score (nSPS) is 13.1. The monoisotopic (exact) mass is 621 g/mol. The summed E-state index contributed by atoms with van der Waals surface area (Å²) in [6.45, 7) is 6.36. The lowest BCUT2D eigenvalue weighted by Gasteiger charge is -2.18. The molecule has 3 atom stereocenters. The van der Waals surface area contributed by atoms with Crippen LogP contribution in [0.4, 0.5) is 0 Å². The van der Waals surface area contributed by atoms with Crippen molar-refractivity contribution < 1.29 is 19.1 Å². The maximum Gasteiger partial charge on any atom is 0.157 e. The van der Waals surface area contributed by atoms with Gasteiger partial charge in [0.2, 0.25) is 0 Å². The van der Waals surface area contributed by atoms with Crippen LogP contribution < -0.4 is 0 Å². The molecule has 0 aliphatic carbocycles. The molecule has 0 unspecified atom stereocenters. The molecule has 6 rings (SSSR count). The minimum absolute atomic E-state index is 0.140. The van der Waals surface area contributed by atoms with Crippen molar-refractivity contribution in [3.05, 3.63) is 108 Å². The number of hydrogen-bond donors (Lipinski definition) is 2. The molecule has 3 aromatic heterocycles. The smallest absolute Gasteiger partial charge is 0.157 e. The largest absolute Gasteiger partial charge is 0.361 e. The highest BCUT2D eigenvalue weighted by Gasteiger charge is 2.16. The molecule has 3 heterocycles. The molecule has 0 saturated heterocycles. The highest BCUT2D eigenvalue weighted by Crippen LogP contribution is 2.30. The number of carbonyl (C=O) groups excluding carboxylic acids is 2. The van der Waals surface area contributed by atoms with E-state index in [0.29, 0.717) is 30.6 Å². The van der Waals surface area contributed by atoms with Crippen LogP contribution in [0.2, 0.25) is 0 Å². The van der Waals surface area contributed by atoms with Crippen LogP contribution in [0.25, 0.3) is 32.7 Å². The van der Waals surface area contributed by atoms with Crippen LogP contribution in [0.3, 0.4) is 0 Å². The molecule has 7 heteroatoms. The molecule has 46 heavy (non-hydrogen) atoms. The number of carbonyl (C=O) groups is 2. The van der Waals surface area contributed by atoms with Gasteiger partial charge in [-0.2, -0.15) is 0 Å². The first-order chi connectivity index (χ1) is 22.3. The molecule has 2 N–H and O–H groups in total. The SMILES string of the molecule is COC(C[C@@H](C)c1c[nH]c2ccccc12)OC.C[C@H](CC=O)c1c[nH]c2ccccc12.C[C@H](CC=O)c1cn(C)c2ccccc12. The fourth-order valence-corrected chi connectivity index (χ4v) is 6.02. The van der Waals surface area contributed by atoms with Gasteiger partial charge in [0.15, 0.2) is 6.29 Å². The van der Waals surface area contributed by atoms with E-state index < -0.39 is 0 Å². The summed E-state index contributed by atoms with van der Waals surface area (Å²) in [6, 6.07) is 24.8. The van der Waals surface area contributed by atoms with Crippen molar-refractivity contribution in [1.29, 1.82) is 0 Å². The van der Waals surface area contributed by atoms with Gasteiger partial charge in [0, 0.05) is 91.8 Å². The first-order valence-corrected chi connectivity index (χ1v) is 15.9. The predicted molar refractivity (Wildman–Crippen MR) is 189 cm³/mol. The van der Waals surface area contributed by atoms with E-state index >= 15 is 0 Å². The molecule has 0 bridgehead atoms. The number of aromatic nitrogens is 3. The molecule has 0 amide bonds. The first kappa shape index (κ1) is 34.4. The molecule has 0 aliphatic heterocycles. The number of nitrogens with zero attached hydrogens (tertiary/aromatic N) is 1. The Balaban J connectivity index is 0.000000157. The van der Waals surface area contributed by atoms with Crippen molar-refractivity contribution in [3.63, 3.8) is 0 Å². The van der Waals surface area contributed by atoms with Crippen LogP contribution in [0.5, 0.6) is 0 Å². The van der Waals surface area contributed by atoms with Crippen molar-refractivity contribution in [2.75, 3.05) is 14.2 Å². The standard InChI is InChI=1S/C14H19NO2.C13H15NO.C12H13NO/c1-10(8-14(16-2)17-3)12-9-15-13-7-5-4-6-11(12)13;1-10(7-8-15)12-9-14(2)13-6-4-3-5-11(12)13;1-9(6-7-14)11-8-13-12-5-3-2-4-10(11)12/h4-7,9-10,14-15H,8H2,1-3H3;3-6,8-10H,7H2,1-2H3;2-5,7-9,13H,6H2,1H3/t2*10-;9-/m111/s1. The van der Waals surface area contributed by atoms with Crippen LogP contribution >= 0.6 is 0 Å². The van der Waals surface area contributed by atoms with Crippen LogP contribution in [0, 0.1) is 0 Å². The van der Waals surface area contributed by atoms with Gasteiger partial charge >= 0.3 is 0 Å². The molecule has 0 fully saturated rings. The molecule has 0 aliphatic rings. The fraction of sp³-hybridized carbons (Fsp3) is 0.333. The van der Waals surface area contributed by atoms with Crippen molar-refractivity contribution >= 4 is 45.3 Å². The number of rotatable bonds is 11. The molecule has 3 aromatic carbocycles. The second-order valence-corrected chi connectivity index (χ2v) is 11.9. The summed E-state index contributed by atoms with van der Waals surface area (Å²) in [5, 5.41) is 3.77. The maximum atomic E-state index is 10.5. The van der Waals surface area contributed by atoms with Gasteiger partial charge < -0.3 is 33.6 Å². The van der Waals surface area contributed by atoms with E-state index in [9.17, 15) is 9.59 Å². The topological polar surface area (TPSA) is 89.1 Å². The Morgan fingerprint density at radius 1 is 0.652 bits per heavy atom. The summed E-state index contributed by atoms with van der Waals surface area (Å²) in [5.74, 6) is 0.994. The Morgan fingerprint density at radius 3 is 1.63 bits per heavy atom. The third kappa shape index (κ3) is 8.22. The van der Waals surface area contributed by atoms with Crippen LogP contribution in [0.15, 0.2) is 91.4 Å². The molecule has 0 saturated carbocycles. The number of H-pyrrole nitrogens is 2. The lowest BCUT2D eigenvalue weighted by molar-refractivity contribution is -0.109. The molecule has 0 radical (unpaired) electrons. The van der Waals surface area contributed by atoms with Crippen molar-refractivity contribution in [2.45, 2.75) is 64.1 Å². The Kier molecular flexibility index (Phi) is 12.5. The first-order valence-electron chi connectivity index (χ1n) is 15.9. The van der Waals surface area contributed by atoms with Gasteiger partial charge in [-0.1, -0.05) is 75.4 Å². The number of benzene rings is 3. The van der Waals surface area contributed by atoms with Crippen molar-refractivity contribution in [1.82, 2.24) is 14.5 Å². The Morgan fingerprint density at radius 2 is 1.11 bits per heavy atom. The number of ether oxygens (including phenoxy) is 2. The average Bonchev–Trinajstić information content (AvgIpc) is 3.80. The molecule has 6 aromatic rings. The molecule has 7 nitrogen and oxygen atoms in total. The van der Waals surface area contributed by atoms with E-state index in [2.05, 4.69) is 84.1 Å². The van der Waals surface area contributed by atoms with Crippen molar-refractivity contribution in [2.24, 2.45) is 7.05 Å². The lowest BCUT2D eigenvalue weighted by Crippen LogP contribution is -2.15. The summed E-state index contributed by atoms with van der Waals surface area (Å²) in [7, 11) is 5.39. The minimum atomic E-state index is -0.140. The zero-order valence-electron chi connectivity index (χ0n) is 27.8. The van der Waals surface area contributed by atoms with E-state index in [0.717, 1.165) is 24.5 Å². The van der Waals surface area contributed by atoms with E-state index in [1.165, 1.54) is 43.9 Å². The summed E-state index contributed by atoms with van der Waals surface area (Å²) in [6.07, 6.45) is 10.1. The van der Waals surface area contributed by atoms with Crippen molar-refractivity contribution in [3.8, 4) is 0 Å². The van der Waals surface area contributed by atoms with E-state index in [1.54, 1.807) is 14.2 Å². The number of hydrogen-bond acceptors (Lipinski definition) is 4. The van der Waals surface area contributed by atoms with Gasteiger partial charge in [0.05, 0.1) is 0 Å². The second kappa shape index (κ2) is 16.7. The molecular weight excluding hydrogens is 574 g/mol. The van der Waals surface area contributed by atoms with Gasteiger partial charge in [0.1, 0.15) is 12.6 Å². The summed E-state index contributed by atoms with van der Waals surface area (Å²) in [5.41, 5.74) is 7.36. The maximum absolute atomic E-state index is 10.5. The van der Waals surface area contributed by atoms with Gasteiger partial charge in [0.25, 0.3) is 0 Å². The average molecular weight is 622 g/mol. The van der Waals surface area contributed by atoms with Gasteiger partial charge in [-0.25, -0.2) is 0 Å². The summed E-state index contributed by atoms with van der Waals surface area (Å²) in [4.78, 5) is 27.5. The fourth-order valence-electron chi connectivity index (χ4n) is 6.02. The quantitative estimate of drug-likeness (QED) is 0.112. The minimum Gasteiger partial charge on any atom is -0.361 e. The number of nitrogens with one attached hydrogen (secondary N) is 2. The zero-order valence-corrected chi connectivity index (χ0v) is 27.8. The number of aldehydes is 2. The number of methoxy groups -OCH3 is 2. The Labute approximate surface area is 271 Å². The predicted octanol–water partition coefficient (Wildman–Crippen LogP) is 9.01. The van der Waals surface area contributed by atoms with E-state index in [4.69, 9.17) is 9.47 Å².